The molecule has 0 unspecified atom stereocenters. The van der Waals surface area contributed by atoms with Crippen molar-refractivity contribution >= 4 is 5.97 Å². The van der Waals surface area contributed by atoms with Gasteiger partial charge in [-0.3, -0.25) is 0 Å². The van der Waals surface area contributed by atoms with Crippen LogP contribution < -0.4 is 0 Å². The summed E-state index contributed by atoms with van der Waals surface area (Å²) in [6, 6.07) is 9.96. The van der Waals surface area contributed by atoms with Crippen LogP contribution in [0.2, 0.25) is 0 Å². The lowest BCUT2D eigenvalue weighted by atomic mass is 10.00. The largest absolute Gasteiger partial charge is 0.477 e. The highest BCUT2D eigenvalue weighted by Crippen LogP contribution is 2.24. The number of hydrogen-bond donors (Lipinski definition) is 1. The first-order valence-electron chi connectivity index (χ1n) is 5.99. The summed E-state index contributed by atoms with van der Waals surface area (Å²) in [5.74, 6) is -0.396. The van der Waals surface area contributed by atoms with Gasteiger partial charge < -0.3 is 9.67 Å². The van der Waals surface area contributed by atoms with Crippen molar-refractivity contribution in [2.75, 3.05) is 0 Å². The van der Waals surface area contributed by atoms with E-state index in [1.807, 2.05) is 18.3 Å². The van der Waals surface area contributed by atoms with E-state index in [1.165, 1.54) is 5.56 Å². The first kappa shape index (κ1) is 12.4. The SMILES string of the molecule is CC(C)c1ccc(-c2cc(C(=O)O)n(C)c2)cc1. The number of rotatable bonds is 3. The molecule has 2 aromatic rings. The highest BCUT2D eigenvalue weighted by Gasteiger charge is 2.11. The summed E-state index contributed by atoms with van der Waals surface area (Å²) < 4.78 is 1.63. The van der Waals surface area contributed by atoms with E-state index in [2.05, 4.69) is 26.0 Å². The van der Waals surface area contributed by atoms with Crippen LogP contribution in [-0.4, -0.2) is 15.6 Å². The van der Waals surface area contributed by atoms with Gasteiger partial charge in [0.25, 0.3) is 0 Å². The average Bonchev–Trinajstić information content (AvgIpc) is 2.71. The zero-order valence-corrected chi connectivity index (χ0v) is 10.8. The van der Waals surface area contributed by atoms with Crippen LogP contribution in [-0.2, 0) is 7.05 Å². The molecule has 18 heavy (non-hydrogen) atoms. The topological polar surface area (TPSA) is 42.2 Å². The first-order chi connectivity index (χ1) is 8.49. The number of aromatic nitrogens is 1. The Balaban J connectivity index is 2.37. The molecule has 3 heteroatoms. The summed E-state index contributed by atoms with van der Waals surface area (Å²) in [5.41, 5.74) is 3.57. The molecule has 0 atom stereocenters. The molecular formula is C15H17NO2. The average molecular weight is 243 g/mol. The molecule has 2 rings (SSSR count). The number of nitrogens with zero attached hydrogens (tertiary/aromatic N) is 1. The molecule has 94 valence electrons. The van der Waals surface area contributed by atoms with Crippen LogP contribution in [0.15, 0.2) is 36.5 Å². The van der Waals surface area contributed by atoms with Crippen LogP contribution in [0, 0.1) is 0 Å². The van der Waals surface area contributed by atoms with Crippen LogP contribution in [0.5, 0.6) is 0 Å². The molecule has 1 aromatic heterocycles. The second-order valence-electron chi connectivity index (χ2n) is 4.81. The van der Waals surface area contributed by atoms with E-state index in [1.54, 1.807) is 17.7 Å². The van der Waals surface area contributed by atoms with Crippen molar-refractivity contribution in [3.05, 3.63) is 47.8 Å². The zero-order chi connectivity index (χ0) is 13.3. The predicted octanol–water partition coefficient (Wildman–Crippen LogP) is 3.51. The van der Waals surface area contributed by atoms with E-state index in [4.69, 9.17) is 5.11 Å². The van der Waals surface area contributed by atoms with E-state index in [0.29, 0.717) is 11.6 Å². The van der Waals surface area contributed by atoms with E-state index < -0.39 is 5.97 Å². The fourth-order valence-electron chi connectivity index (χ4n) is 2.00. The number of aryl methyl sites for hydroxylation is 1. The summed E-state index contributed by atoms with van der Waals surface area (Å²) >= 11 is 0. The third kappa shape index (κ3) is 2.30. The first-order valence-corrected chi connectivity index (χ1v) is 5.99. The predicted molar refractivity (Wildman–Crippen MR) is 71.9 cm³/mol. The van der Waals surface area contributed by atoms with Crippen LogP contribution in [0.4, 0.5) is 0 Å². The molecule has 0 aliphatic rings. The number of carboxylic acid groups (broad SMARTS) is 1. The van der Waals surface area contributed by atoms with Gasteiger partial charge in [-0.1, -0.05) is 38.1 Å². The number of carboxylic acids is 1. The van der Waals surface area contributed by atoms with Crippen LogP contribution in [0.3, 0.4) is 0 Å². The Labute approximate surface area is 107 Å². The molecule has 0 amide bonds. The monoisotopic (exact) mass is 243 g/mol. The molecule has 0 radical (unpaired) electrons. The van der Waals surface area contributed by atoms with Gasteiger partial charge in [0.1, 0.15) is 5.69 Å². The van der Waals surface area contributed by atoms with Gasteiger partial charge in [0.2, 0.25) is 0 Å². The molecule has 0 aliphatic carbocycles. The molecule has 0 saturated carbocycles. The number of carbonyl (C=O) groups is 1. The summed E-state index contributed by atoms with van der Waals surface area (Å²) in [7, 11) is 1.75. The fraction of sp³-hybridized carbons (Fsp3) is 0.267. The van der Waals surface area contributed by atoms with Crippen molar-refractivity contribution in [2.45, 2.75) is 19.8 Å². The summed E-state index contributed by atoms with van der Waals surface area (Å²) in [4.78, 5) is 11.0. The molecule has 1 heterocycles. The number of hydrogen-bond acceptors (Lipinski definition) is 1. The normalized spacial score (nSPS) is 10.9. The van der Waals surface area contributed by atoms with Gasteiger partial charge in [-0.2, -0.15) is 0 Å². The smallest absolute Gasteiger partial charge is 0.352 e. The van der Waals surface area contributed by atoms with Crippen LogP contribution in [0.1, 0.15) is 35.8 Å². The number of benzene rings is 1. The van der Waals surface area contributed by atoms with Gasteiger partial charge in [0.05, 0.1) is 0 Å². The zero-order valence-electron chi connectivity index (χ0n) is 10.8. The maximum absolute atomic E-state index is 11.0. The van der Waals surface area contributed by atoms with Gasteiger partial charge in [0.15, 0.2) is 0 Å². The highest BCUT2D eigenvalue weighted by molar-refractivity contribution is 5.88. The van der Waals surface area contributed by atoms with Gasteiger partial charge >= 0.3 is 5.97 Å². The maximum Gasteiger partial charge on any atom is 0.352 e. The van der Waals surface area contributed by atoms with Crippen molar-refractivity contribution in [1.29, 1.82) is 0 Å². The van der Waals surface area contributed by atoms with Crippen molar-refractivity contribution in [3.8, 4) is 11.1 Å². The summed E-state index contributed by atoms with van der Waals surface area (Å²) in [6.07, 6.45) is 1.84. The lowest BCUT2D eigenvalue weighted by Crippen LogP contribution is -2.02. The molecule has 0 spiro atoms. The number of aromatic carboxylic acids is 1. The molecule has 0 aliphatic heterocycles. The molecule has 1 N–H and O–H groups in total. The Kier molecular flexibility index (Phi) is 3.24. The minimum atomic E-state index is -0.900. The molecule has 0 fully saturated rings. The van der Waals surface area contributed by atoms with Gasteiger partial charge in [-0.25, -0.2) is 4.79 Å². The molecule has 3 nitrogen and oxygen atoms in total. The molecule has 0 bridgehead atoms. The van der Waals surface area contributed by atoms with Crippen molar-refractivity contribution in [3.63, 3.8) is 0 Å². The third-order valence-corrected chi connectivity index (χ3v) is 3.13. The third-order valence-electron chi connectivity index (χ3n) is 3.13. The second-order valence-corrected chi connectivity index (χ2v) is 4.81. The Morgan fingerprint density at radius 1 is 1.17 bits per heavy atom. The van der Waals surface area contributed by atoms with Gasteiger partial charge in [0, 0.05) is 18.8 Å². The summed E-state index contributed by atoms with van der Waals surface area (Å²) in [5, 5.41) is 9.02. The summed E-state index contributed by atoms with van der Waals surface area (Å²) in [6.45, 7) is 4.31. The van der Waals surface area contributed by atoms with Crippen molar-refractivity contribution in [2.24, 2.45) is 7.05 Å². The molecule has 0 saturated heterocycles. The van der Waals surface area contributed by atoms with E-state index >= 15 is 0 Å². The lowest BCUT2D eigenvalue weighted by Gasteiger charge is -2.05. The minimum absolute atomic E-state index is 0.304. The Morgan fingerprint density at radius 2 is 1.78 bits per heavy atom. The van der Waals surface area contributed by atoms with E-state index in [0.717, 1.165) is 11.1 Å². The maximum atomic E-state index is 11.0. The minimum Gasteiger partial charge on any atom is -0.477 e. The Bertz CT molecular complexity index is 565. The van der Waals surface area contributed by atoms with E-state index in [-0.39, 0.29) is 0 Å². The van der Waals surface area contributed by atoms with Crippen LogP contribution >= 0.6 is 0 Å². The highest BCUT2D eigenvalue weighted by atomic mass is 16.4. The second kappa shape index (κ2) is 4.69. The van der Waals surface area contributed by atoms with Crippen LogP contribution in [0.25, 0.3) is 11.1 Å². The van der Waals surface area contributed by atoms with Crippen molar-refractivity contribution in [1.82, 2.24) is 4.57 Å². The Morgan fingerprint density at radius 3 is 2.22 bits per heavy atom. The Hall–Kier alpha value is -2.03. The molecule has 1 aromatic carbocycles. The quantitative estimate of drug-likeness (QED) is 0.896. The van der Waals surface area contributed by atoms with E-state index in [9.17, 15) is 4.79 Å². The fourth-order valence-corrected chi connectivity index (χ4v) is 2.00. The van der Waals surface area contributed by atoms with Gasteiger partial charge in [-0.15, -0.1) is 0 Å². The molecular weight excluding hydrogens is 226 g/mol. The van der Waals surface area contributed by atoms with Crippen molar-refractivity contribution < 1.29 is 9.90 Å². The lowest BCUT2D eigenvalue weighted by molar-refractivity contribution is 0.0686. The van der Waals surface area contributed by atoms with Gasteiger partial charge in [-0.05, 0) is 23.1 Å². The standard InChI is InChI=1S/C15H17NO2/c1-10(2)11-4-6-12(7-5-11)13-8-14(15(17)18)16(3)9-13/h4-10H,1-3H3,(H,17,18).